The van der Waals surface area contributed by atoms with Crippen LogP contribution < -0.4 is 22.1 Å². The Morgan fingerprint density at radius 3 is 2.00 bits per heavy atom. The molecule has 0 aliphatic carbocycles. The maximum Gasteiger partial charge on any atom is 0.290 e. The second-order valence-electron chi connectivity index (χ2n) is 16.3. The van der Waals surface area contributed by atoms with Crippen molar-refractivity contribution in [3.05, 3.63) is 45.9 Å². The first kappa shape index (κ1) is 60.6. The number of ketones is 1. The summed E-state index contributed by atoms with van der Waals surface area (Å²) in [6.07, 6.45) is 13.5. The molecule has 0 radical (unpaired) electrons. The van der Waals surface area contributed by atoms with Gasteiger partial charge < -0.3 is 41.7 Å². The lowest BCUT2D eigenvalue weighted by atomic mass is 9.85. The molecule has 1 fully saturated rings. The molecule has 12 nitrogen and oxygen atoms in total. The molecule has 346 valence electrons. The van der Waals surface area contributed by atoms with Crippen LogP contribution >= 0.6 is 11.3 Å². The van der Waals surface area contributed by atoms with E-state index in [1.54, 1.807) is 6.92 Å². The number of anilines is 1. The minimum absolute atomic E-state index is 0.00224. The second-order valence-corrected chi connectivity index (χ2v) is 17.2. The molecule has 2 amide bonds. The Morgan fingerprint density at radius 1 is 0.983 bits per heavy atom. The Labute approximate surface area is 368 Å². The highest BCUT2D eigenvalue weighted by molar-refractivity contribution is 7.10. The van der Waals surface area contributed by atoms with Gasteiger partial charge in [-0.25, -0.2) is 4.98 Å². The maximum absolute atomic E-state index is 13.5. The van der Waals surface area contributed by atoms with Gasteiger partial charge in [0.25, 0.3) is 12.4 Å². The van der Waals surface area contributed by atoms with Gasteiger partial charge in [-0.05, 0) is 101 Å². The van der Waals surface area contributed by atoms with Crippen LogP contribution in [0.15, 0.2) is 29.6 Å². The number of carboxylic acid groups (broad SMARTS) is 1. The first-order valence-corrected chi connectivity index (χ1v) is 23.1. The fourth-order valence-corrected chi connectivity index (χ4v) is 7.73. The van der Waals surface area contributed by atoms with Gasteiger partial charge in [0, 0.05) is 48.5 Å². The number of unbranched alkanes of at least 4 members (excludes halogenated alkanes) is 4. The smallest absolute Gasteiger partial charge is 0.290 e. The van der Waals surface area contributed by atoms with E-state index in [0.717, 1.165) is 67.7 Å². The number of carbonyl (C=O) groups is 5. The minimum atomic E-state index is -0.250. The molecular weight excluding hydrogens is 777 g/mol. The zero-order valence-corrected chi connectivity index (χ0v) is 40.3. The highest BCUT2D eigenvalue weighted by Crippen LogP contribution is 2.33. The van der Waals surface area contributed by atoms with Crippen LogP contribution in [0, 0.1) is 11.3 Å². The van der Waals surface area contributed by atoms with E-state index in [-0.39, 0.29) is 53.4 Å². The van der Waals surface area contributed by atoms with Crippen molar-refractivity contribution in [2.24, 2.45) is 17.1 Å². The summed E-state index contributed by atoms with van der Waals surface area (Å²) in [5, 5.41) is 16.0. The predicted molar refractivity (Wildman–Crippen MR) is 253 cm³/mol. The largest absolute Gasteiger partial charge is 0.483 e. The van der Waals surface area contributed by atoms with E-state index in [4.69, 9.17) is 25.4 Å². The van der Waals surface area contributed by atoms with Crippen LogP contribution in [0.4, 0.5) is 5.69 Å². The van der Waals surface area contributed by atoms with Crippen LogP contribution in [0.3, 0.4) is 0 Å². The number of nitrogens with one attached hydrogen (secondary N) is 2. The summed E-state index contributed by atoms with van der Waals surface area (Å²) in [5.74, 6) is 0.170. The van der Waals surface area contributed by atoms with Crippen LogP contribution in [-0.4, -0.2) is 84.6 Å². The van der Waals surface area contributed by atoms with Crippen molar-refractivity contribution in [2.75, 3.05) is 32.4 Å². The fourth-order valence-electron chi connectivity index (χ4n) is 6.82. The highest BCUT2D eigenvalue weighted by Gasteiger charge is 2.31. The molecule has 1 saturated heterocycles. The monoisotopic (exact) mass is 863 g/mol. The van der Waals surface area contributed by atoms with Crippen molar-refractivity contribution in [2.45, 2.75) is 177 Å². The SMILES string of the molecule is C1CCNCC1.C=O.CC.CCCCCCN(C(=O)CCCC)C(CC(CC(C)=O)c1nc(C(=O)NC(Cc2ccc(N)cc2)CC(C)(C)C)cs1)C(C)C.CN.O=CO. The third kappa shape index (κ3) is 29.5. The predicted octanol–water partition coefficient (Wildman–Crippen LogP) is 9.46. The summed E-state index contributed by atoms with van der Waals surface area (Å²) in [5.41, 5.74) is 12.6. The van der Waals surface area contributed by atoms with Crippen molar-refractivity contribution in [3.8, 4) is 0 Å². The Hall–Kier alpha value is -3.68. The summed E-state index contributed by atoms with van der Waals surface area (Å²) in [6.45, 7) is 25.8. The number of aromatic nitrogens is 1. The van der Waals surface area contributed by atoms with Gasteiger partial charge in [-0.1, -0.05) is 107 Å². The van der Waals surface area contributed by atoms with Crippen molar-refractivity contribution in [1.82, 2.24) is 20.5 Å². The molecular formula is C47H86N6O6S. The number of rotatable bonds is 20. The first-order chi connectivity index (χ1) is 28.6. The number of piperidine rings is 1. The number of thiazole rings is 1. The molecule has 7 N–H and O–H groups in total. The molecule has 13 heteroatoms. The lowest BCUT2D eigenvalue weighted by Gasteiger charge is -2.37. The summed E-state index contributed by atoms with van der Waals surface area (Å²) >= 11 is 1.44. The van der Waals surface area contributed by atoms with Gasteiger partial charge in [-0.3, -0.25) is 14.4 Å². The molecule has 0 bridgehead atoms. The number of nitrogen functional groups attached to an aromatic ring is 1. The number of amides is 2. The van der Waals surface area contributed by atoms with Crippen LogP contribution in [-0.2, 0) is 25.6 Å². The lowest BCUT2D eigenvalue weighted by molar-refractivity contribution is -0.135. The minimum Gasteiger partial charge on any atom is -0.483 e. The molecule has 1 aromatic heterocycles. The Balaban J connectivity index is -0.00000186. The number of hydrogen-bond acceptors (Lipinski definition) is 10. The quantitative estimate of drug-likeness (QED) is 0.0486. The standard InChI is InChI=1S/C37H60N4O3S.C5H11N.C2H6.CH5N.CH2O2.CH2O/c1-9-11-13-14-20-41(34(43)15-12-10-2)33(26(3)4)23-29(21-27(5)42)36-40-32(25-45-36)35(44)39-31(24-37(6,7)8)22-28-16-18-30(38)19-17-28;1-2-4-6-5-3-1;2*1-2;2-1-3;1-2/h16-19,25-26,29,31,33H,9-15,20-24,38H2,1-8H3,(H,39,44);6H,1-5H2;1-2H3;2H2,1H3;1H,(H,2,3);1H2. The summed E-state index contributed by atoms with van der Waals surface area (Å²) in [6, 6.07) is 7.73. The maximum atomic E-state index is 13.5. The summed E-state index contributed by atoms with van der Waals surface area (Å²) < 4.78 is 0. The number of benzene rings is 1. The third-order valence-electron chi connectivity index (χ3n) is 9.51. The number of carbonyl (C=O) groups excluding carboxylic acids is 4. The van der Waals surface area contributed by atoms with Crippen molar-refractivity contribution < 1.29 is 29.1 Å². The summed E-state index contributed by atoms with van der Waals surface area (Å²) in [4.78, 5) is 62.8. The highest BCUT2D eigenvalue weighted by atomic mass is 32.1. The van der Waals surface area contributed by atoms with Crippen LogP contribution in [0.2, 0.25) is 0 Å². The number of hydrogen-bond donors (Lipinski definition) is 5. The third-order valence-corrected chi connectivity index (χ3v) is 10.5. The van der Waals surface area contributed by atoms with E-state index in [9.17, 15) is 14.4 Å². The van der Waals surface area contributed by atoms with Gasteiger partial charge in [-0.15, -0.1) is 11.3 Å². The van der Waals surface area contributed by atoms with E-state index in [0.29, 0.717) is 31.4 Å². The average Bonchev–Trinajstić information content (AvgIpc) is 3.73. The number of nitrogens with zero attached hydrogens (tertiary/aromatic N) is 2. The van der Waals surface area contributed by atoms with Gasteiger partial charge in [0.1, 0.15) is 18.3 Å². The second kappa shape index (κ2) is 38.3. The molecule has 1 aliphatic rings. The van der Waals surface area contributed by atoms with Gasteiger partial charge >= 0.3 is 0 Å². The van der Waals surface area contributed by atoms with E-state index < -0.39 is 0 Å². The van der Waals surface area contributed by atoms with Crippen LogP contribution in [0.5, 0.6) is 0 Å². The molecule has 3 unspecified atom stereocenters. The van der Waals surface area contributed by atoms with Gasteiger partial charge in [0.2, 0.25) is 5.91 Å². The van der Waals surface area contributed by atoms with Gasteiger partial charge in [0.15, 0.2) is 0 Å². The van der Waals surface area contributed by atoms with E-state index in [1.165, 1.54) is 50.7 Å². The molecule has 3 atom stereocenters. The molecule has 0 spiro atoms. The van der Waals surface area contributed by atoms with E-state index >= 15 is 0 Å². The first-order valence-electron chi connectivity index (χ1n) is 22.2. The summed E-state index contributed by atoms with van der Waals surface area (Å²) in [7, 11) is 1.50. The lowest BCUT2D eigenvalue weighted by Crippen LogP contribution is -2.44. The molecule has 2 aromatic rings. The van der Waals surface area contributed by atoms with Gasteiger partial charge in [-0.2, -0.15) is 0 Å². The normalized spacial score (nSPS) is 13.2. The molecule has 1 aromatic carbocycles. The Kier molecular flexibility index (Phi) is 38.7. The van der Waals surface area contributed by atoms with E-state index in [2.05, 4.69) is 69.7 Å². The van der Waals surface area contributed by atoms with Gasteiger partial charge in [0.05, 0.1) is 5.01 Å². The molecule has 1 aliphatic heterocycles. The van der Waals surface area contributed by atoms with Crippen molar-refractivity contribution >= 4 is 47.9 Å². The average molecular weight is 863 g/mol. The fraction of sp³-hybridized carbons (Fsp3) is 0.702. The molecule has 3 rings (SSSR count). The molecule has 60 heavy (non-hydrogen) atoms. The molecule has 0 saturated carbocycles. The number of Topliss-reactive ketones (excluding diaryl/α,β-unsaturated/α-hetero) is 1. The van der Waals surface area contributed by atoms with Crippen molar-refractivity contribution in [1.29, 1.82) is 0 Å². The zero-order chi connectivity index (χ0) is 46.5. The zero-order valence-electron chi connectivity index (χ0n) is 39.4. The van der Waals surface area contributed by atoms with E-state index in [1.807, 2.05) is 50.3 Å². The van der Waals surface area contributed by atoms with Crippen molar-refractivity contribution in [3.63, 3.8) is 0 Å². The van der Waals surface area contributed by atoms with Crippen LogP contribution in [0.25, 0.3) is 0 Å². The Bertz CT molecular complexity index is 1350. The van der Waals surface area contributed by atoms with Crippen LogP contribution in [0.1, 0.15) is 180 Å². The topological polar surface area (TPSA) is 198 Å². The molecule has 2 heterocycles. The Morgan fingerprint density at radius 2 is 1.55 bits per heavy atom. The number of nitrogens with two attached hydrogens (primary N) is 2.